The third-order valence-corrected chi connectivity index (χ3v) is 3.07. The van der Waals surface area contributed by atoms with E-state index < -0.39 is 0 Å². The Kier molecular flexibility index (Phi) is 2.09. The van der Waals surface area contributed by atoms with Crippen LogP contribution in [0, 0.1) is 0 Å². The van der Waals surface area contributed by atoms with Gasteiger partial charge in [-0.3, -0.25) is 4.90 Å². The quantitative estimate of drug-likeness (QED) is 0.621. The van der Waals surface area contributed by atoms with Crippen molar-refractivity contribution in [3.05, 3.63) is 11.8 Å². The highest BCUT2D eigenvalue weighted by Crippen LogP contribution is 2.34. The summed E-state index contributed by atoms with van der Waals surface area (Å²) in [5.74, 6) is 1.22. The van der Waals surface area contributed by atoms with Crippen molar-refractivity contribution in [3.8, 4) is 0 Å². The number of likely N-dealkylation sites (N-methyl/N-ethyl adjacent to an activating group) is 1. The van der Waals surface area contributed by atoms with Gasteiger partial charge in [0.25, 0.3) is 0 Å². The van der Waals surface area contributed by atoms with E-state index in [4.69, 9.17) is 4.74 Å². The number of fused-ring (bicyclic) bond motifs is 2. The van der Waals surface area contributed by atoms with Crippen LogP contribution in [0.4, 0.5) is 0 Å². The molecule has 0 aromatic heterocycles. The molecule has 2 heteroatoms. The highest BCUT2D eigenvalue weighted by Gasteiger charge is 2.36. The molecular weight excluding hydrogens is 150 g/mol. The molecule has 2 rings (SSSR count). The number of hydrogen-bond donors (Lipinski definition) is 0. The SMILES string of the molecule is CCOC1=CCC2CCC1N2C. The zero-order valence-corrected chi connectivity index (χ0v) is 7.92. The third kappa shape index (κ3) is 1.14. The van der Waals surface area contributed by atoms with E-state index in [-0.39, 0.29) is 0 Å². The number of hydrogen-bond acceptors (Lipinski definition) is 2. The second kappa shape index (κ2) is 3.09. The summed E-state index contributed by atoms with van der Waals surface area (Å²) in [6.45, 7) is 2.86. The minimum absolute atomic E-state index is 0.587. The van der Waals surface area contributed by atoms with E-state index in [0.29, 0.717) is 6.04 Å². The second-order valence-corrected chi connectivity index (χ2v) is 3.69. The molecule has 0 radical (unpaired) electrons. The molecule has 2 unspecified atom stereocenters. The minimum atomic E-state index is 0.587. The van der Waals surface area contributed by atoms with E-state index in [1.165, 1.54) is 25.0 Å². The van der Waals surface area contributed by atoms with Crippen LogP contribution in [0.15, 0.2) is 11.8 Å². The van der Waals surface area contributed by atoms with Gasteiger partial charge in [0.2, 0.25) is 0 Å². The van der Waals surface area contributed by atoms with Crippen LogP contribution >= 0.6 is 0 Å². The van der Waals surface area contributed by atoms with Gasteiger partial charge in [0.05, 0.1) is 12.6 Å². The summed E-state index contributed by atoms with van der Waals surface area (Å²) < 4.78 is 5.60. The fourth-order valence-corrected chi connectivity index (χ4v) is 2.35. The highest BCUT2D eigenvalue weighted by atomic mass is 16.5. The largest absolute Gasteiger partial charge is 0.497 e. The molecule has 0 saturated carbocycles. The molecule has 0 amide bonds. The van der Waals surface area contributed by atoms with Crippen molar-refractivity contribution < 1.29 is 4.74 Å². The van der Waals surface area contributed by atoms with Crippen molar-refractivity contribution >= 4 is 0 Å². The Morgan fingerprint density at radius 3 is 3.17 bits per heavy atom. The Labute approximate surface area is 74.2 Å². The van der Waals surface area contributed by atoms with Crippen molar-refractivity contribution in [2.45, 2.75) is 38.3 Å². The Bertz CT molecular complexity index is 200. The number of ether oxygens (including phenoxy) is 1. The number of nitrogens with zero attached hydrogens (tertiary/aromatic N) is 1. The van der Waals surface area contributed by atoms with Crippen molar-refractivity contribution in [1.82, 2.24) is 4.90 Å². The van der Waals surface area contributed by atoms with Gasteiger partial charge in [0.15, 0.2) is 0 Å². The Morgan fingerprint density at radius 1 is 1.58 bits per heavy atom. The molecule has 0 aromatic rings. The van der Waals surface area contributed by atoms with Crippen molar-refractivity contribution in [1.29, 1.82) is 0 Å². The molecule has 2 heterocycles. The smallest absolute Gasteiger partial charge is 0.109 e. The van der Waals surface area contributed by atoms with Gasteiger partial charge in [0.1, 0.15) is 5.76 Å². The Hall–Kier alpha value is -0.500. The first-order chi connectivity index (χ1) is 5.83. The van der Waals surface area contributed by atoms with Crippen LogP contribution in [0.5, 0.6) is 0 Å². The first-order valence-electron chi connectivity index (χ1n) is 4.87. The molecule has 0 aromatic carbocycles. The fourth-order valence-electron chi connectivity index (χ4n) is 2.35. The maximum atomic E-state index is 5.60. The highest BCUT2D eigenvalue weighted by molar-refractivity contribution is 5.14. The average molecular weight is 167 g/mol. The van der Waals surface area contributed by atoms with E-state index >= 15 is 0 Å². The van der Waals surface area contributed by atoms with Crippen LogP contribution in [0.2, 0.25) is 0 Å². The minimum Gasteiger partial charge on any atom is -0.497 e. The first kappa shape index (κ1) is 8.11. The molecule has 0 aliphatic carbocycles. The summed E-state index contributed by atoms with van der Waals surface area (Å²) in [5, 5.41) is 0. The summed E-state index contributed by atoms with van der Waals surface area (Å²) in [4.78, 5) is 2.46. The summed E-state index contributed by atoms with van der Waals surface area (Å²) in [6.07, 6.45) is 6.09. The van der Waals surface area contributed by atoms with Crippen molar-refractivity contribution in [2.24, 2.45) is 0 Å². The van der Waals surface area contributed by atoms with E-state index in [9.17, 15) is 0 Å². The lowest BCUT2D eigenvalue weighted by Gasteiger charge is -2.30. The van der Waals surface area contributed by atoms with Crippen LogP contribution < -0.4 is 0 Å². The zero-order chi connectivity index (χ0) is 8.55. The summed E-state index contributed by atoms with van der Waals surface area (Å²) in [7, 11) is 2.22. The zero-order valence-electron chi connectivity index (χ0n) is 7.92. The van der Waals surface area contributed by atoms with Crippen LogP contribution in [0.25, 0.3) is 0 Å². The normalized spacial score (nSPS) is 35.0. The molecule has 2 aliphatic heterocycles. The monoisotopic (exact) mass is 167 g/mol. The first-order valence-corrected chi connectivity index (χ1v) is 4.87. The number of rotatable bonds is 2. The fraction of sp³-hybridized carbons (Fsp3) is 0.800. The van der Waals surface area contributed by atoms with Crippen LogP contribution in [-0.4, -0.2) is 30.6 Å². The predicted octanol–water partition coefficient (Wildman–Crippen LogP) is 1.77. The predicted molar refractivity (Wildman–Crippen MR) is 48.9 cm³/mol. The van der Waals surface area contributed by atoms with Gasteiger partial charge in [-0.1, -0.05) is 0 Å². The van der Waals surface area contributed by atoms with Gasteiger partial charge in [-0.2, -0.15) is 0 Å². The molecular formula is C10H17NO. The van der Waals surface area contributed by atoms with Gasteiger partial charge in [0, 0.05) is 6.04 Å². The van der Waals surface area contributed by atoms with E-state index in [0.717, 1.165) is 12.6 Å². The van der Waals surface area contributed by atoms with E-state index in [2.05, 4.69) is 24.9 Å². The van der Waals surface area contributed by atoms with Gasteiger partial charge in [-0.05, 0) is 39.3 Å². The molecule has 0 N–H and O–H groups in total. The molecule has 0 spiro atoms. The van der Waals surface area contributed by atoms with Crippen molar-refractivity contribution in [2.75, 3.05) is 13.7 Å². The summed E-state index contributed by atoms with van der Waals surface area (Å²) >= 11 is 0. The van der Waals surface area contributed by atoms with Gasteiger partial charge < -0.3 is 4.74 Å². The second-order valence-electron chi connectivity index (χ2n) is 3.69. The molecule has 2 nitrogen and oxygen atoms in total. The maximum absolute atomic E-state index is 5.60. The summed E-state index contributed by atoms with van der Waals surface area (Å²) in [5.41, 5.74) is 0. The van der Waals surface area contributed by atoms with E-state index in [1.54, 1.807) is 0 Å². The lowest BCUT2D eigenvalue weighted by molar-refractivity contribution is 0.138. The van der Waals surface area contributed by atoms with Crippen LogP contribution in [0.3, 0.4) is 0 Å². The molecule has 2 aliphatic rings. The van der Waals surface area contributed by atoms with Crippen LogP contribution in [0.1, 0.15) is 26.2 Å². The summed E-state index contributed by atoms with van der Waals surface area (Å²) in [6, 6.07) is 1.38. The average Bonchev–Trinajstić information content (AvgIpc) is 2.33. The topological polar surface area (TPSA) is 12.5 Å². The molecule has 1 saturated heterocycles. The van der Waals surface area contributed by atoms with E-state index in [1.807, 2.05) is 0 Å². The Balaban J connectivity index is 2.10. The van der Waals surface area contributed by atoms with Crippen LogP contribution in [-0.2, 0) is 4.74 Å². The maximum Gasteiger partial charge on any atom is 0.109 e. The van der Waals surface area contributed by atoms with Gasteiger partial charge >= 0.3 is 0 Å². The lowest BCUT2D eigenvalue weighted by atomic mass is 10.1. The molecule has 12 heavy (non-hydrogen) atoms. The lowest BCUT2D eigenvalue weighted by Crippen LogP contribution is -2.37. The molecule has 2 atom stereocenters. The molecule has 2 bridgehead atoms. The molecule has 1 fully saturated rings. The molecule has 68 valence electrons. The Morgan fingerprint density at radius 2 is 2.42 bits per heavy atom. The van der Waals surface area contributed by atoms with Gasteiger partial charge in [-0.15, -0.1) is 0 Å². The standard InChI is InChI=1S/C10H17NO/c1-3-12-10-7-5-8-4-6-9(10)11(8)2/h7-9H,3-6H2,1-2H3. The third-order valence-electron chi connectivity index (χ3n) is 3.07. The van der Waals surface area contributed by atoms with Crippen molar-refractivity contribution in [3.63, 3.8) is 0 Å². The van der Waals surface area contributed by atoms with Gasteiger partial charge in [-0.25, -0.2) is 0 Å².